The number of sulfonamides is 1. The van der Waals surface area contributed by atoms with Crippen LogP contribution in [0.2, 0.25) is 0 Å². The molecule has 8 nitrogen and oxygen atoms in total. The van der Waals surface area contributed by atoms with Crippen molar-refractivity contribution in [3.63, 3.8) is 0 Å². The molecular formula is C32H39N5O3S. The highest BCUT2D eigenvalue weighted by Gasteiger charge is 2.31. The topological polar surface area (TPSA) is 87.7 Å². The summed E-state index contributed by atoms with van der Waals surface area (Å²) in [6.45, 7) is 11.0. The fraction of sp³-hybridized carbons (Fsp3) is 0.375. The highest BCUT2D eigenvalue weighted by atomic mass is 32.2. The molecule has 4 aromatic rings. The molecule has 1 unspecified atom stereocenters. The molecule has 0 saturated carbocycles. The van der Waals surface area contributed by atoms with Crippen molar-refractivity contribution in [1.82, 2.24) is 19.2 Å². The van der Waals surface area contributed by atoms with Crippen LogP contribution in [0.15, 0.2) is 71.6 Å². The van der Waals surface area contributed by atoms with Crippen molar-refractivity contribution in [3.8, 4) is 5.75 Å². The smallest absolute Gasteiger partial charge is 0.243 e. The molecule has 0 aliphatic carbocycles. The second-order valence-electron chi connectivity index (χ2n) is 10.6. The molecule has 2 heterocycles. The number of aryl methyl sites for hydroxylation is 2. The fourth-order valence-corrected chi connectivity index (χ4v) is 6.61. The van der Waals surface area contributed by atoms with Gasteiger partial charge in [-0.15, -0.1) is 0 Å². The first-order valence-corrected chi connectivity index (χ1v) is 15.8. The molecular weight excluding hydrogens is 534 g/mol. The zero-order valence-corrected chi connectivity index (χ0v) is 25.1. The summed E-state index contributed by atoms with van der Waals surface area (Å²) in [5, 5.41) is 4.54. The number of unbranched alkanes of at least 4 members (excludes halogenated alkanes) is 1. The summed E-state index contributed by atoms with van der Waals surface area (Å²) in [6, 6.07) is 20.9. The van der Waals surface area contributed by atoms with E-state index in [1.165, 1.54) is 0 Å². The summed E-state index contributed by atoms with van der Waals surface area (Å²) in [5.74, 6) is 2.18. The predicted octanol–water partition coefficient (Wildman–Crippen LogP) is 6.24. The van der Waals surface area contributed by atoms with Crippen molar-refractivity contribution < 1.29 is 13.2 Å². The lowest BCUT2D eigenvalue weighted by atomic mass is 10.1. The minimum atomic E-state index is -3.59. The Labute approximate surface area is 243 Å². The van der Waals surface area contributed by atoms with Gasteiger partial charge in [0.1, 0.15) is 17.4 Å². The number of hydrogen-bond acceptors (Lipinski definition) is 7. The van der Waals surface area contributed by atoms with Crippen LogP contribution in [0.3, 0.4) is 0 Å². The Morgan fingerprint density at radius 1 is 0.902 bits per heavy atom. The normalized spacial score (nSPS) is 15.6. The third-order valence-electron chi connectivity index (χ3n) is 7.77. The van der Waals surface area contributed by atoms with Crippen molar-refractivity contribution in [3.05, 3.63) is 83.7 Å². The van der Waals surface area contributed by atoms with E-state index < -0.39 is 10.0 Å². The largest absolute Gasteiger partial charge is 0.494 e. The number of rotatable bonds is 10. The third-order valence-corrected chi connectivity index (χ3v) is 9.68. The standard InChI is InChI=1S/C32H39N5O3S/c1-5-6-22-40-26-14-16-27(17-15-26)41(38,39)37-20-18-36(19-21-37)25(4)31-33-29-13-8-7-12-28(29)32(35-31)34-30-23(2)10-9-11-24(30)3/h7-17,25H,5-6,18-22H2,1-4H3,(H,33,34,35). The molecule has 0 radical (unpaired) electrons. The van der Waals surface area contributed by atoms with Crippen LogP contribution < -0.4 is 10.1 Å². The van der Waals surface area contributed by atoms with Crippen molar-refractivity contribution in [1.29, 1.82) is 0 Å². The number of hydrogen-bond donors (Lipinski definition) is 1. The number of piperazine rings is 1. The van der Waals surface area contributed by atoms with E-state index in [2.05, 4.69) is 56.1 Å². The Kier molecular flexibility index (Phi) is 8.87. The molecule has 1 aromatic heterocycles. The van der Waals surface area contributed by atoms with Crippen LogP contribution in [0.5, 0.6) is 5.75 Å². The van der Waals surface area contributed by atoms with Gasteiger partial charge in [-0.1, -0.05) is 43.7 Å². The van der Waals surface area contributed by atoms with Crippen molar-refractivity contribution >= 4 is 32.4 Å². The highest BCUT2D eigenvalue weighted by Crippen LogP contribution is 2.31. The quantitative estimate of drug-likeness (QED) is 0.225. The van der Waals surface area contributed by atoms with E-state index in [1.807, 2.05) is 24.3 Å². The van der Waals surface area contributed by atoms with Gasteiger partial charge in [0.05, 0.1) is 23.1 Å². The molecule has 9 heteroatoms. The molecule has 1 saturated heterocycles. The van der Waals surface area contributed by atoms with Gasteiger partial charge in [-0.3, -0.25) is 4.90 Å². The van der Waals surface area contributed by atoms with E-state index in [-0.39, 0.29) is 6.04 Å². The van der Waals surface area contributed by atoms with Gasteiger partial charge in [0.25, 0.3) is 0 Å². The summed E-state index contributed by atoms with van der Waals surface area (Å²) in [4.78, 5) is 12.5. The number of ether oxygens (including phenoxy) is 1. The van der Waals surface area contributed by atoms with Gasteiger partial charge in [0.15, 0.2) is 0 Å². The van der Waals surface area contributed by atoms with E-state index >= 15 is 0 Å². The minimum absolute atomic E-state index is 0.0810. The fourth-order valence-electron chi connectivity index (χ4n) is 5.19. The van der Waals surface area contributed by atoms with Crippen LogP contribution >= 0.6 is 0 Å². The average molecular weight is 574 g/mol. The van der Waals surface area contributed by atoms with Crippen LogP contribution in [-0.4, -0.2) is 60.4 Å². The van der Waals surface area contributed by atoms with E-state index in [9.17, 15) is 8.42 Å². The number of aromatic nitrogens is 2. The maximum Gasteiger partial charge on any atom is 0.243 e. The van der Waals surface area contributed by atoms with Crippen LogP contribution in [0, 0.1) is 13.8 Å². The number of fused-ring (bicyclic) bond motifs is 1. The van der Waals surface area contributed by atoms with Crippen LogP contribution in [-0.2, 0) is 10.0 Å². The highest BCUT2D eigenvalue weighted by molar-refractivity contribution is 7.89. The first kappa shape index (κ1) is 29.0. The van der Waals surface area contributed by atoms with Crippen LogP contribution in [0.4, 0.5) is 11.5 Å². The number of nitrogens with zero attached hydrogens (tertiary/aromatic N) is 4. The van der Waals surface area contributed by atoms with Crippen LogP contribution in [0.1, 0.15) is 49.7 Å². The van der Waals surface area contributed by atoms with Gasteiger partial charge < -0.3 is 10.1 Å². The lowest BCUT2D eigenvalue weighted by Crippen LogP contribution is -2.49. The molecule has 216 valence electrons. The van der Waals surface area contributed by atoms with Gasteiger partial charge in [-0.05, 0) is 74.7 Å². The molecule has 41 heavy (non-hydrogen) atoms. The van der Waals surface area contributed by atoms with Gasteiger partial charge in [-0.2, -0.15) is 4.31 Å². The summed E-state index contributed by atoms with van der Waals surface area (Å²) >= 11 is 0. The average Bonchev–Trinajstić information content (AvgIpc) is 2.99. The first-order chi connectivity index (χ1) is 19.8. The Balaban J connectivity index is 1.30. The van der Waals surface area contributed by atoms with Crippen LogP contribution in [0.25, 0.3) is 10.9 Å². The Morgan fingerprint density at radius 3 is 2.27 bits per heavy atom. The predicted molar refractivity (Wildman–Crippen MR) is 164 cm³/mol. The Bertz CT molecular complexity index is 1580. The minimum Gasteiger partial charge on any atom is -0.494 e. The van der Waals surface area contributed by atoms with Gasteiger partial charge >= 0.3 is 0 Å². The molecule has 0 bridgehead atoms. The van der Waals surface area contributed by atoms with Crippen molar-refractivity contribution in [2.75, 3.05) is 38.1 Å². The maximum absolute atomic E-state index is 13.4. The molecule has 1 N–H and O–H groups in total. The van der Waals surface area contributed by atoms with E-state index in [0.717, 1.165) is 46.4 Å². The second kappa shape index (κ2) is 12.5. The monoisotopic (exact) mass is 573 g/mol. The molecule has 5 rings (SSSR count). The third kappa shape index (κ3) is 6.37. The summed E-state index contributed by atoms with van der Waals surface area (Å²) in [7, 11) is -3.59. The van der Waals surface area contributed by atoms with Gasteiger partial charge in [0.2, 0.25) is 10.0 Å². The van der Waals surface area contributed by atoms with E-state index in [4.69, 9.17) is 14.7 Å². The van der Waals surface area contributed by atoms with E-state index in [0.29, 0.717) is 49.3 Å². The van der Waals surface area contributed by atoms with E-state index in [1.54, 1.807) is 28.6 Å². The first-order valence-electron chi connectivity index (χ1n) is 14.3. The Morgan fingerprint density at radius 2 is 1.59 bits per heavy atom. The summed E-state index contributed by atoms with van der Waals surface area (Å²) < 4.78 is 34.0. The lowest BCUT2D eigenvalue weighted by Gasteiger charge is -2.37. The molecule has 3 aromatic carbocycles. The number of para-hydroxylation sites is 2. The molecule has 1 aliphatic rings. The van der Waals surface area contributed by atoms with Crippen molar-refractivity contribution in [2.45, 2.75) is 51.5 Å². The van der Waals surface area contributed by atoms with Gasteiger partial charge in [-0.25, -0.2) is 18.4 Å². The molecule has 1 aliphatic heterocycles. The Hall–Kier alpha value is -3.53. The summed E-state index contributed by atoms with van der Waals surface area (Å²) in [6.07, 6.45) is 2.02. The zero-order valence-electron chi connectivity index (χ0n) is 24.3. The van der Waals surface area contributed by atoms with Crippen molar-refractivity contribution in [2.24, 2.45) is 0 Å². The summed E-state index contributed by atoms with van der Waals surface area (Å²) in [5.41, 5.74) is 4.23. The number of nitrogens with one attached hydrogen (secondary N) is 1. The number of benzene rings is 3. The molecule has 1 atom stereocenters. The van der Waals surface area contributed by atoms with Gasteiger partial charge in [0, 0.05) is 37.3 Å². The SMILES string of the molecule is CCCCOc1ccc(S(=O)(=O)N2CCN(C(C)c3nc(Nc4c(C)cccc4C)c4ccccc4n3)CC2)cc1. The second-order valence-corrected chi connectivity index (χ2v) is 12.6. The lowest BCUT2D eigenvalue weighted by molar-refractivity contribution is 0.141. The molecule has 1 fully saturated rings. The molecule has 0 spiro atoms. The number of anilines is 2. The maximum atomic E-state index is 13.4. The zero-order chi connectivity index (χ0) is 29.0. The molecule has 0 amide bonds.